The normalized spacial score (nSPS) is 11.0. The maximum atomic E-state index is 11.8. The van der Waals surface area contributed by atoms with Gasteiger partial charge in [-0.3, -0.25) is 4.79 Å². The second kappa shape index (κ2) is 7.04. The number of carboxylic acid groups (broad SMARTS) is 1. The molecule has 1 aromatic rings. The van der Waals surface area contributed by atoms with Gasteiger partial charge in [0.2, 0.25) is 10.0 Å². The van der Waals surface area contributed by atoms with Crippen molar-refractivity contribution in [2.75, 3.05) is 18.9 Å². The molecule has 9 heteroatoms. The predicted molar refractivity (Wildman–Crippen MR) is 76.7 cm³/mol. The Balaban J connectivity index is 2.79. The highest BCUT2D eigenvalue weighted by molar-refractivity contribution is 7.89. The third kappa shape index (κ3) is 5.04. The molecule has 0 radical (unpaired) electrons. The number of nitrogens with one attached hydrogen (secondary N) is 3. The lowest BCUT2D eigenvalue weighted by atomic mass is 10.2. The van der Waals surface area contributed by atoms with Crippen LogP contribution in [0.1, 0.15) is 12.0 Å². The first kappa shape index (κ1) is 16.9. The first-order valence-corrected chi connectivity index (χ1v) is 7.55. The van der Waals surface area contributed by atoms with Crippen LogP contribution in [0.15, 0.2) is 23.1 Å². The number of anilines is 1. The molecule has 0 atom stereocenters. The lowest BCUT2D eigenvalue weighted by molar-refractivity contribution is -0.136. The molecule has 0 aliphatic rings. The molecule has 0 fully saturated rings. The quantitative estimate of drug-likeness (QED) is 0.608. The van der Waals surface area contributed by atoms with E-state index in [-0.39, 0.29) is 17.9 Å². The van der Waals surface area contributed by atoms with Gasteiger partial charge in [0.15, 0.2) is 0 Å². The maximum absolute atomic E-state index is 11.8. The zero-order chi connectivity index (χ0) is 16.0. The fourth-order valence-electron chi connectivity index (χ4n) is 1.54. The van der Waals surface area contributed by atoms with Crippen LogP contribution in [0.2, 0.25) is 0 Å². The SMILES string of the molecule is CNS(=O)(=O)c1cc(NC(=O)NCCC(=O)O)ccc1C. The highest BCUT2D eigenvalue weighted by Crippen LogP contribution is 2.19. The number of benzene rings is 1. The van der Waals surface area contributed by atoms with Gasteiger partial charge in [0.05, 0.1) is 11.3 Å². The molecule has 2 amide bonds. The van der Waals surface area contributed by atoms with Gasteiger partial charge >= 0.3 is 12.0 Å². The lowest BCUT2D eigenvalue weighted by Crippen LogP contribution is -2.30. The van der Waals surface area contributed by atoms with Crippen LogP contribution in [0.25, 0.3) is 0 Å². The Morgan fingerprint density at radius 1 is 1.29 bits per heavy atom. The highest BCUT2D eigenvalue weighted by Gasteiger charge is 2.15. The second-order valence-electron chi connectivity index (χ2n) is 4.21. The number of sulfonamides is 1. The monoisotopic (exact) mass is 315 g/mol. The molecule has 0 aromatic heterocycles. The number of aryl methyl sites for hydroxylation is 1. The van der Waals surface area contributed by atoms with Crippen LogP contribution >= 0.6 is 0 Å². The molecule has 0 bridgehead atoms. The molecule has 0 saturated heterocycles. The molecule has 0 spiro atoms. The van der Waals surface area contributed by atoms with Gasteiger partial charge in [0.25, 0.3) is 0 Å². The Morgan fingerprint density at radius 2 is 1.95 bits per heavy atom. The minimum Gasteiger partial charge on any atom is -0.481 e. The number of urea groups is 1. The van der Waals surface area contributed by atoms with Gasteiger partial charge in [0, 0.05) is 12.2 Å². The summed E-state index contributed by atoms with van der Waals surface area (Å²) in [4.78, 5) is 21.9. The van der Waals surface area contributed by atoms with Crippen molar-refractivity contribution in [1.29, 1.82) is 0 Å². The summed E-state index contributed by atoms with van der Waals surface area (Å²) in [6, 6.07) is 3.85. The zero-order valence-corrected chi connectivity index (χ0v) is 12.5. The lowest BCUT2D eigenvalue weighted by Gasteiger charge is -2.11. The minimum atomic E-state index is -3.61. The van der Waals surface area contributed by atoms with Crippen molar-refractivity contribution in [3.8, 4) is 0 Å². The second-order valence-corrected chi connectivity index (χ2v) is 6.07. The molecule has 0 unspecified atom stereocenters. The summed E-state index contributed by atoms with van der Waals surface area (Å²) in [6.07, 6.45) is -0.194. The molecular formula is C12H17N3O5S. The average molecular weight is 315 g/mol. The molecular weight excluding hydrogens is 298 g/mol. The number of carboxylic acids is 1. The number of carbonyl (C=O) groups excluding carboxylic acids is 1. The van der Waals surface area contributed by atoms with Gasteiger partial charge in [0.1, 0.15) is 0 Å². The predicted octanol–water partition coefficient (Wildman–Crippen LogP) is 0.499. The van der Waals surface area contributed by atoms with E-state index in [1.165, 1.54) is 13.1 Å². The van der Waals surface area contributed by atoms with Crippen LogP contribution < -0.4 is 15.4 Å². The van der Waals surface area contributed by atoms with Gasteiger partial charge in [-0.1, -0.05) is 6.07 Å². The van der Waals surface area contributed by atoms with Crippen molar-refractivity contribution in [2.45, 2.75) is 18.2 Å². The number of carbonyl (C=O) groups is 2. The largest absolute Gasteiger partial charge is 0.481 e. The van der Waals surface area contributed by atoms with E-state index >= 15 is 0 Å². The summed E-state index contributed by atoms with van der Waals surface area (Å²) in [5.41, 5.74) is 0.837. The summed E-state index contributed by atoms with van der Waals surface area (Å²) < 4.78 is 25.8. The molecule has 0 heterocycles. The van der Waals surface area contributed by atoms with E-state index in [2.05, 4.69) is 15.4 Å². The summed E-state index contributed by atoms with van der Waals surface area (Å²) in [5.74, 6) is -1.02. The number of rotatable bonds is 6. The van der Waals surface area contributed by atoms with Gasteiger partial charge in [-0.15, -0.1) is 0 Å². The van der Waals surface area contributed by atoms with E-state index in [0.29, 0.717) is 11.3 Å². The van der Waals surface area contributed by atoms with Crippen LogP contribution in [0.5, 0.6) is 0 Å². The van der Waals surface area contributed by atoms with Crippen molar-refractivity contribution in [3.05, 3.63) is 23.8 Å². The van der Waals surface area contributed by atoms with Crippen molar-refractivity contribution in [1.82, 2.24) is 10.0 Å². The molecule has 8 nitrogen and oxygen atoms in total. The zero-order valence-electron chi connectivity index (χ0n) is 11.6. The van der Waals surface area contributed by atoms with Gasteiger partial charge in [-0.2, -0.15) is 0 Å². The Bertz CT molecular complexity index is 642. The summed E-state index contributed by atoms with van der Waals surface area (Å²) >= 11 is 0. The Labute approximate surface area is 122 Å². The smallest absolute Gasteiger partial charge is 0.319 e. The fraction of sp³-hybridized carbons (Fsp3) is 0.333. The van der Waals surface area contributed by atoms with Crippen molar-refractivity contribution in [2.24, 2.45) is 0 Å². The molecule has 21 heavy (non-hydrogen) atoms. The van der Waals surface area contributed by atoms with E-state index in [0.717, 1.165) is 0 Å². The van der Waals surface area contributed by atoms with Crippen LogP contribution in [0, 0.1) is 6.92 Å². The molecule has 116 valence electrons. The van der Waals surface area contributed by atoms with Gasteiger partial charge < -0.3 is 15.7 Å². The van der Waals surface area contributed by atoms with Crippen LogP contribution in [0.3, 0.4) is 0 Å². The van der Waals surface area contributed by atoms with Crippen molar-refractivity contribution < 1.29 is 23.1 Å². The first-order valence-electron chi connectivity index (χ1n) is 6.07. The number of amides is 2. The first-order chi connectivity index (χ1) is 9.76. The Kier molecular flexibility index (Phi) is 5.68. The van der Waals surface area contributed by atoms with E-state index in [9.17, 15) is 18.0 Å². The number of hydrogen-bond acceptors (Lipinski definition) is 4. The fourth-order valence-corrected chi connectivity index (χ4v) is 2.53. The van der Waals surface area contributed by atoms with E-state index in [1.54, 1.807) is 19.1 Å². The third-order valence-corrected chi connectivity index (χ3v) is 4.18. The van der Waals surface area contributed by atoms with Gasteiger partial charge in [-0.25, -0.2) is 17.9 Å². The molecule has 0 aliphatic heterocycles. The number of aliphatic carboxylic acids is 1. The van der Waals surface area contributed by atoms with E-state index in [1.807, 2.05) is 0 Å². The molecule has 1 aromatic carbocycles. The van der Waals surface area contributed by atoms with E-state index in [4.69, 9.17) is 5.11 Å². The van der Waals surface area contributed by atoms with Crippen LogP contribution in [-0.4, -0.2) is 39.1 Å². The summed E-state index contributed by atoms with van der Waals surface area (Å²) in [6.45, 7) is 1.62. The highest BCUT2D eigenvalue weighted by atomic mass is 32.2. The Morgan fingerprint density at radius 3 is 2.52 bits per heavy atom. The average Bonchev–Trinajstić information content (AvgIpc) is 2.40. The molecule has 4 N–H and O–H groups in total. The summed E-state index contributed by atoms with van der Waals surface area (Å²) in [7, 11) is -2.32. The minimum absolute atomic E-state index is 0.0191. The standard InChI is InChI=1S/C12H17N3O5S/c1-8-3-4-9(7-10(8)21(19,20)13-2)15-12(18)14-6-5-11(16)17/h3-4,7,13H,5-6H2,1-2H3,(H,16,17)(H2,14,15,18). The third-order valence-electron chi connectivity index (χ3n) is 2.63. The molecule has 1 rings (SSSR count). The van der Waals surface area contributed by atoms with Gasteiger partial charge in [-0.05, 0) is 31.7 Å². The molecule has 0 saturated carbocycles. The van der Waals surface area contributed by atoms with E-state index < -0.39 is 22.0 Å². The van der Waals surface area contributed by atoms with Crippen LogP contribution in [-0.2, 0) is 14.8 Å². The topological polar surface area (TPSA) is 125 Å². The van der Waals surface area contributed by atoms with Crippen molar-refractivity contribution >= 4 is 27.7 Å². The Hall–Kier alpha value is -2.13. The molecule has 0 aliphatic carbocycles. The maximum Gasteiger partial charge on any atom is 0.319 e. The number of hydrogen-bond donors (Lipinski definition) is 4. The summed E-state index contributed by atoms with van der Waals surface area (Å²) in [5, 5.41) is 13.3. The van der Waals surface area contributed by atoms with Crippen molar-refractivity contribution in [3.63, 3.8) is 0 Å². The van der Waals surface area contributed by atoms with Crippen LogP contribution in [0.4, 0.5) is 10.5 Å².